The summed E-state index contributed by atoms with van der Waals surface area (Å²) in [6.45, 7) is 4.58. The van der Waals surface area contributed by atoms with E-state index >= 15 is 0 Å². The van der Waals surface area contributed by atoms with Gasteiger partial charge in [-0.15, -0.1) is 0 Å². The van der Waals surface area contributed by atoms with Crippen molar-refractivity contribution in [1.82, 2.24) is 0 Å². The summed E-state index contributed by atoms with van der Waals surface area (Å²) in [6, 6.07) is 0. The molecule has 0 aromatic heterocycles. The Kier molecular flexibility index (Phi) is 1.27. The van der Waals surface area contributed by atoms with E-state index in [0.717, 1.165) is 19.8 Å². The van der Waals surface area contributed by atoms with Crippen LogP contribution in [0, 0.1) is 5.41 Å². The summed E-state index contributed by atoms with van der Waals surface area (Å²) in [5.74, 6) is 0. The monoisotopic (exact) mass is 149 g/mol. The Balaban J connectivity index is 2.11. The second-order valence-electron chi connectivity index (χ2n) is 2.93. The topological polar surface area (TPSA) is 27.7 Å². The number of hydrogen-bond donors (Lipinski definition) is 0. The Morgan fingerprint density at radius 2 is 1.56 bits per heavy atom. The van der Waals surface area contributed by atoms with Crippen LogP contribution in [0.15, 0.2) is 0 Å². The lowest BCUT2D eigenvalue weighted by Gasteiger charge is -2.35. The van der Waals surface area contributed by atoms with Gasteiger partial charge in [-0.3, -0.25) is 0 Å². The average Bonchev–Trinajstić information content (AvgIpc) is 1.90. The van der Waals surface area contributed by atoms with Crippen molar-refractivity contribution in [2.24, 2.45) is 5.41 Å². The first kappa shape index (κ1) is 6.05. The van der Waals surface area contributed by atoms with E-state index in [1.54, 1.807) is 0 Å². The fourth-order valence-corrected chi connectivity index (χ4v) is 2.60. The Morgan fingerprint density at radius 1 is 1.11 bits per heavy atom. The molecule has 0 aliphatic carbocycles. The van der Waals surface area contributed by atoms with Gasteiger partial charge in [-0.1, -0.05) is 6.92 Å². The largest absolute Gasteiger partial charge is 0.397 e. The molecule has 3 saturated heterocycles. The van der Waals surface area contributed by atoms with Gasteiger partial charge in [0.25, 0.3) is 0 Å². The van der Waals surface area contributed by atoms with Crippen LogP contribution in [-0.2, 0) is 13.6 Å². The molecule has 0 aromatic rings. The van der Waals surface area contributed by atoms with E-state index in [1.807, 2.05) is 0 Å². The predicted octanol–water partition coefficient (Wildman–Crippen LogP) is 1.03. The van der Waals surface area contributed by atoms with E-state index in [1.165, 1.54) is 0 Å². The van der Waals surface area contributed by atoms with E-state index < -0.39 is 8.60 Å². The van der Waals surface area contributed by atoms with Gasteiger partial charge in [0.05, 0.1) is 5.41 Å². The van der Waals surface area contributed by atoms with Gasteiger partial charge in [-0.2, -0.15) is 13.6 Å². The molecule has 4 heteroatoms. The smallest absolute Gasteiger partial charge is 0.179 e. The second-order valence-corrected chi connectivity index (χ2v) is 4.29. The molecule has 0 saturated carbocycles. The minimum absolute atomic E-state index is 0.145. The van der Waals surface area contributed by atoms with Crippen LogP contribution in [0.25, 0.3) is 0 Å². The molecule has 0 spiro atoms. The maximum absolute atomic E-state index is 5.24. The lowest BCUT2D eigenvalue weighted by molar-refractivity contribution is -0.0619. The van der Waals surface area contributed by atoms with Crippen molar-refractivity contribution in [2.45, 2.75) is 6.92 Å². The van der Waals surface area contributed by atoms with Crippen molar-refractivity contribution in [1.29, 1.82) is 0 Å². The highest BCUT2D eigenvalue weighted by Gasteiger charge is 2.46. The minimum atomic E-state index is -1.26. The standard InChI is InChI=1S/C5H10O3P/c1-5-2-6-9(7-3-5)8-4-5/h9H,2-4H2,1H3/q+1. The van der Waals surface area contributed by atoms with E-state index in [2.05, 4.69) is 6.92 Å². The summed E-state index contributed by atoms with van der Waals surface area (Å²) < 4.78 is 15.7. The van der Waals surface area contributed by atoms with E-state index in [9.17, 15) is 0 Å². The fourth-order valence-electron chi connectivity index (χ4n) is 0.949. The number of fused-ring (bicyclic) bond motifs is 3. The van der Waals surface area contributed by atoms with Gasteiger partial charge >= 0.3 is 8.60 Å². The molecule has 3 heterocycles. The van der Waals surface area contributed by atoms with Crippen LogP contribution in [0.2, 0.25) is 0 Å². The molecule has 0 amide bonds. The van der Waals surface area contributed by atoms with Crippen molar-refractivity contribution in [3.05, 3.63) is 0 Å². The summed E-state index contributed by atoms with van der Waals surface area (Å²) in [5.41, 5.74) is 0.145. The molecule has 3 rings (SSSR count). The zero-order chi connectivity index (χ0) is 6.32. The van der Waals surface area contributed by atoms with Crippen LogP contribution in [0.3, 0.4) is 0 Å². The van der Waals surface area contributed by atoms with E-state index in [0.29, 0.717) is 0 Å². The van der Waals surface area contributed by atoms with E-state index in [-0.39, 0.29) is 5.41 Å². The first-order chi connectivity index (χ1) is 4.29. The molecule has 52 valence electrons. The van der Waals surface area contributed by atoms with Gasteiger partial charge in [0.2, 0.25) is 0 Å². The third-order valence-electron chi connectivity index (χ3n) is 1.62. The molecule has 0 unspecified atom stereocenters. The highest BCUT2D eigenvalue weighted by Crippen LogP contribution is 2.52. The summed E-state index contributed by atoms with van der Waals surface area (Å²) in [4.78, 5) is 0. The second kappa shape index (κ2) is 1.89. The summed E-state index contributed by atoms with van der Waals surface area (Å²) in [5, 5.41) is 0. The molecule has 3 aliphatic heterocycles. The molecule has 0 aromatic carbocycles. The van der Waals surface area contributed by atoms with Gasteiger partial charge in [-0.05, 0) is 0 Å². The Bertz CT molecular complexity index is 106. The Hall–Kier alpha value is 0.310. The van der Waals surface area contributed by atoms with Crippen molar-refractivity contribution in [3.63, 3.8) is 0 Å². The Labute approximate surface area is 55.3 Å². The van der Waals surface area contributed by atoms with Crippen LogP contribution in [0.5, 0.6) is 0 Å². The molecule has 3 aliphatic rings. The summed E-state index contributed by atoms with van der Waals surface area (Å²) >= 11 is 0. The summed E-state index contributed by atoms with van der Waals surface area (Å²) in [7, 11) is -1.26. The van der Waals surface area contributed by atoms with E-state index in [4.69, 9.17) is 13.6 Å². The third kappa shape index (κ3) is 0.987. The van der Waals surface area contributed by atoms with Gasteiger partial charge in [0.1, 0.15) is 19.8 Å². The molecule has 3 nitrogen and oxygen atoms in total. The first-order valence-corrected chi connectivity index (χ1v) is 4.26. The maximum atomic E-state index is 5.24. The normalized spacial score (nSPS) is 49.7. The minimum Gasteiger partial charge on any atom is -0.179 e. The molecular formula is C5H10O3P+. The van der Waals surface area contributed by atoms with Gasteiger partial charge < -0.3 is 0 Å². The summed E-state index contributed by atoms with van der Waals surface area (Å²) in [6.07, 6.45) is 0. The molecule has 0 radical (unpaired) electrons. The van der Waals surface area contributed by atoms with Gasteiger partial charge in [0.15, 0.2) is 0 Å². The number of hydrogen-bond acceptors (Lipinski definition) is 3. The molecule has 0 N–H and O–H groups in total. The molecule has 0 atom stereocenters. The van der Waals surface area contributed by atoms with Crippen LogP contribution >= 0.6 is 8.60 Å². The lowest BCUT2D eigenvalue weighted by atomic mass is 9.95. The highest BCUT2D eigenvalue weighted by molar-refractivity contribution is 7.41. The zero-order valence-corrected chi connectivity index (χ0v) is 6.35. The van der Waals surface area contributed by atoms with Crippen molar-refractivity contribution < 1.29 is 13.6 Å². The fraction of sp³-hybridized carbons (Fsp3) is 1.00. The highest BCUT2D eigenvalue weighted by atomic mass is 31.2. The maximum Gasteiger partial charge on any atom is 0.397 e. The van der Waals surface area contributed by atoms with Gasteiger partial charge in [-0.25, -0.2) is 0 Å². The van der Waals surface area contributed by atoms with Crippen molar-refractivity contribution >= 4 is 8.60 Å². The zero-order valence-electron chi connectivity index (χ0n) is 5.35. The van der Waals surface area contributed by atoms with Crippen LogP contribution in [0.1, 0.15) is 6.92 Å². The predicted molar refractivity (Wildman–Crippen MR) is 34.3 cm³/mol. The quantitative estimate of drug-likeness (QED) is 0.481. The average molecular weight is 149 g/mol. The van der Waals surface area contributed by atoms with Crippen molar-refractivity contribution in [3.8, 4) is 0 Å². The molecule has 2 bridgehead atoms. The van der Waals surface area contributed by atoms with Crippen LogP contribution in [-0.4, -0.2) is 19.8 Å². The van der Waals surface area contributed by atoms with Crippen molar-refractivity contribution in [2.75, 3.05) is 19.8 Å². The molecule has 3 fully saturated rings. The third-order valence-corrected chi connectivity index (χ3v) is 2.76. The molecular weight excluding hydrogens is 139 g/mol. The first-order valence-electron chi connectivity index (χ1n) is 3.04. The Morgan fingerprint density at radius 3 is 1.78 bits per heavy atom. The lowest BCUT2D eigenvalue weighted by Crippen LogP contribution is -2.40. The molecule has 9 heavy (non-hydrogen) atoms. The van der Waals surface area contributed by atoms with Gasteiger partial charge in [0, 0.05) is 0 Å². The SMILES string of the molecule is CC12CO[PH+](OC1)OC2. The van der Waals surface area contributed by atoms with Crippen LogP contribution in [0.4, 0.5) is 0 Å². The van der Waals surface area contributed by atoms with Crippen LogP contribution < -0.4 is 0 Å². The number of rotatable bonds is 0.